The molecule has 0 spiro atoms. The van der Waals surface area contributed by atoms with Crippen LogP contribution < -0.4 is 9.46 Å². The topological polar surface area (TPSA) is 86.1 Å². The molecule has 0 radical (unpaired) electrons. The lowest BCUT2D eigenvalue weighted by atomic mass is 9.87. The molecule has 2 aromatic heterocycles. The van der Waals surface area contributed by atoms with Crippen LogP contribution in [0.15, 0.2) is 65.7 Å². The maximum absolute atomic E-state index is 13.1. The molecule has 0 amide bonds. The summed E-state index contributed by atoms with van der Waals surface area (Å²) in [5.74, 6) is 1.45. The van der Waals surface area contributed by atoms with Crippen LogP contribution in [-0.4, -0.2) is 30.3 Å². The molecule has 0 unspecified atom stereocenters. The Labute approximate surface area is 188 Å². The van der Waals surface area contributed by atoms with Crippen molar-refractivity contribution >= 4 is 26.6 Å². The summed E-state index contributed by atoms with van der Waals surface area (Å²) < 4.78 is 35.9. The highest BCUT2D eigenvalue weighted by Crippen LogP contribution is 2.31. The number of ether oxygens (including phenoxy) is 1. The molecule has 4 rings (SSSR count). The number of sulfonamides is 1. The zero-order valence-electron chi connectivity index (χ0n) is 18.7. The van der Waals surface area contributed by atoms with Gasteiger partial charge in [0.2, 0.25) is 0 Å². The van der Waals surface area contributed by atoms with Crippen LogP contribution in [0, 0.1) is 6.92 Å². The standard InChI is InChI=1S/C24H26N4O3S/c1-16-14-22(27-32(29,30)18-12-10-17(11-13-18)24(2,3)4)28(26-16)23-20-9-7-6-8-19(20)21(31-5)15-25-23/h6-15,27H,1-5H3. The molecule has 0 saturated carbocycles. The monoisotopic (exact) mass is 450 g/mol. The van der Waals surface area contributed by atoms with Crippen molar-refractivity contribution in [1.82, 2.24) is 14.8 Å². The van der Waals surface area contributed by atoms with Gasteiger partial charge in [0.05, 0.1) is 23.9 Å². The third kappa shape index (κ3) is 4.05. The number of anilines is 1. The molecule has 0 aliphatic heterocycles. The fraction of sp³-hybridized carbons (Fsp3) is 0.250. The number of hydrogen-bond donors (Lipinski definition) is 1. The summed E-state index contributed by atoms with van der Waals surface area (Å²) in [5.41, 5.74) is 1.66. The highest BCUT2D eigenvalue weighted by Gasteiger charge is 2.21. The Bertz CT molecular complexity index is 1390. The maximum Gasteiger partial charge on any atom is 0.263 e. The van der Waals surface area contributed by atoms with E-state index in [4.69, 9.17) is 4.74 Å². The van der Waals surface area contributed by atoms with E-state index in [0.29, 0.717) is 23.1 Å². The van der Waals surface area contributed by atoms with Crippen LogP contribution in [0.4, 0.5) is 5.82 Å². The van der Waals surface area contributed by atoms with E-state index in [9.17, 15) is 8.42 Å². The van der Waals surface area contributed by atoms with Crippen molar-refractivity contribution in [3.05, 3.63) is 72.1 Å². The first-order valence-electron chi connectivity index (χ1n) is 10.2. The van der Waals surface area contributed by atoms with Gasteiger partial charge in [0.1, 0.15) is 11.6 Å². The second kappa shape index (κ2) is 7.94. The van der Waals surface area contributed by atoms with Crippen LogP contribution in [0.1, 0.15) is 32.0 Å². The van der Waals surface area contributed by atoms with Crippen LogP contribution in [0.2, 0.25) is 0 Å². The second-order valence-corrected chi connectivity index (χ2v) is 10.3. The van der Waals surface area contributed by atoms with Gasteiger partial charge in [0.25, 0.3) is 10.0 Å². The summed E-state index contributed by atoms with van der Waals surface area (Å²) in [5, 5.41) is 6.15. The van der Waals surface area contributed by atoms with E-state index in [1.165, 1.54) is 4.68 Å². The van der Waals surface area contributed by atoms with Gasteiger partial charge in [-0.1, -0.05) is 57.2 Å². The van der Waals surface area contributed by atoms with Gasteiger partial charge in [0.15, 0.2) is 5.82 Å². The molecule has 1 N–H and O–H groups in total. The van der Waals surface area contributed by atoms with Crippen molar-refractivity contribution in [1.29, 1.82) is 0 Å². The minimum Gasteiger partial charge on any atom is -0.494 e. The SMILES string of the molecule is COc1cnc(-n2nc(C)cc2NS(=O)(=O)c2ccc(C(C)(C)C)cc2)c2ccccc12. The van der Waals surface area contributed by atoms with Crippen molar-refractivity contribution in [3.8, 4) is 11.6 Å². The number of rotatable bonds is 5. The lowest BCUT2D eigenvalue weighted by Crippen LogP contribution is -2.17. The molecular weight excluding hydrogens is 424 g/mol. The molecule has 0 aliphatic carbocycles. The molecule has 2 heterocycles. The van der Waals surface area contributed by atoms with Gasteiger partial charge < -0.3 is 4.74 Å². The van der Waals surface area contributed by atoms with Gasteiger partial charge in [-0.2, -0.15) is 9.78 Å². The average molecular weight is 451 g/mol. The Kier molecular flexibility index (Phi) is 5.42. The van der Waals surface area contributed by atoms with Gasteiger partial charge in [0, 0.05) is 16.8 Å². The third-order valence-corrected chi connectivity index (χ3v) is 6.63. The largest absolute Gasteiger partial charge is 0.494 e. The molecule has 2 aromatic carbocycles. The Morgan fingerprint density at radius 1 is 1.00 bits per heavy atom. The number of hydrogen-bond acceptors (Lipinski definition) is 5. The van der Waals surface area contributed by atoms with Crippen molar-refractivity contribution in [2.24, 2.45) is 0 Å². The van der Waals surface area contributed by atoms with E-state index in [0.717, 1.165) is 16.3 Å². The first-order chi connectivity index (χ1) is 15.1. The second-order valence-electron chi connectivity index (χ2n) is 8.66. The van der Waals surface area contributed by atoms with E-state index >= 15 is 0 Å². The van der Waals surface area contributed by atoms with Gasteiger partial charge in [-0.25, -0.2) is 13.4 Å². The molecule has 7 nitrogen and oxygen atoms in total. The van der Waals surface area contributed by atoms with Crippen LogP contribution in [-0.2, 0) is 15.4 Å². The Balaban J connectivity index is 1.76. The summed E-state index contributed by atoms with van der Waals surface area (Å²) in [6, 6.07) is 16.2. The molecule has 0 aliphatic rings. The number of aryl methyl sites for hydroxylation is 1. The summed E-state index contributed by atoms with van der Waals surface area (Å²) in [7, 11) is -2.23. The molecule has 32 heavy (non-hydrogen) atoms. The van der Waals surface area contributed by atoms with E-state index < -0.39 is 10.0 Å². The zero-order valence-corrected chi connectivity index (χ0v) is 19.6. The molecule has 0 saturated heterocycles. The van der Waals surface area contributed by atoms with Crippen molar-refractivity contribution in [2.45, 2.75) is 38.0 Å². The predicted octanol–water partition coefficient (Wildman–Crippen LogP) is 4.84. The Morgan fingerprint density at radius 2 is 1.66 bits per heavy atom. The molecule has 0 fully saturated rings. The van der Waals surface area contributed by atoms with Gasteiger partial charge in [-0.3, -0.25) is 4.72 Å². The highest BCUT2D eigenvalue weighted by molar-refractivity contribution is 7.92. The van der Waals surface area contributed by atoms with E-state index in [2.05, 4.69) is 35.6 Å². The minimum atomic E-state index is -3.82. The average Bonchev–Trinajstić information content (AvgIpc) is 3.11. The first-order valence-corrected chi connectivity index (χ1v) is 11.7. The number of nitrogens with one attached hydrogen (secondary N) is 1. The van der Waals surface area contributed by atoms with E-state index in [1.54, 1.807) is 38.4 Å². The van der Waals surface area contributed by atoms with Crippen LogP contribution in [0.25, 0.3) is 16.6 Å². The third-order valence-electron chi connectivity index (χ3n) is 5.26. The zero-order chi connectivity index (χ0) is 23.1. The van der Waals surface area contributed by atoms with E-state index in [-0.39, 0.29) is 10.3 Å². The highest BCUT2D eigenvalue weighted by atomic mass is 32.2. The predicted molar refractivity (Wildman–Crippen MR) is 126 cm³/mol. The summed E-state index contributed by atoms with van der Waals surface area (Å²) in [4.78, 5) is 4.69. The molecule has 166 valence electrons. The Morgan fingerprint density at radius 3 is 2.28 bits per heavy atom. The molecule has 0 atom stereocenters. The van der Waals surface area contributed by atoms with Crippen molar-refractivity contribution < 1.29 is 13.2 Å². The fourth-order valence-electron chi connectivity index (χ4n) is 3.55. The van der Waals surface area contributed by atoms with Gasteiger partial charge >= 0.3 is 0 Å². The summed E-state index contributed by atoms with van der Waals surface area (Å²) >= 11 is 0. The number of fused-ring (bicyclic) bond motifs is 1. The van der Waals surface area contributed by atoms with Gasteiger partial charge in [-0.05, 0) is 30.0 Å². The number of aromatic nitrogens is 3. The number of benzene rings is 2. The lowest BCUT2D eigenvalue weighted by Gasteiger charge is -2.19. The van der Waals surface area contributed by atoms with Crippen molar-refractivity contribution in [3.63, 3.8) is 0 Å². The van der Waals surface area contributed by atoms with Gasteiger partial charge in [-0.15, -0.1) is 0 Å². The van der Waals surface area contributed by atoms with Crippen LogP contribution in [0.5, 0.6) is 5.75 Å². The van der Waals surface area contributed by atoms with Crippen LogP contribution in [0.3, 0.4) is 0 Å². The number of methoxy groups -OCH3 is 1. The maximum atomic E-state index is 13.1. The van der Waals surface area contributed by atoms with E-state index in [1.807, 2.05) is 36.4 Å². The fourth-order valence-corrected chi connectivity index (χ4v) is 4.58. The molecule has 4 aromatic rings. The normalized spacial score (nSPS) is 12.2. The molecule has 0 bridgehead atoms. The smallest absolute Gasteiger partial charge is 0.263 e. The molecular formula is C24H26N4O3S. The summed E-state index contributed by atoms with van der Waals surface area (Å²) in [6.07, 6.45) is 1.61. The summed E-state index contributed by atoms with van der Waals surface area (Å²) in [6.45, 7) is 8.06. The number of nitrogens with zero attached hydrogens (tertiary/aromatic N) is 3. The quantitative estimate of drug-likeness (QED) is 0.470. The first kappa shape index (κ1) is 21.8. The number of pyridine rings is 1. The lowest BCUT2D eigenvalue weighted by molar-refractivity contribution is 0.418. The Hall–Kier alpha value is -3.39. The minimum absolute atomic E-state index is 0.0630. The van der Waals surface area contributed by atoms with Crippen LogP contribution >= 0.6 is 0 Å². The van der Waals surface area contributed by atoms with Crippen molar-refractivity contribution in [2.75, 3.05) is 11.8 Å². The molecule has 8 heteroatoms.